The van der Waals surface area contributed by atoms with Crippen LogP contribution in [0, 0.1) is 18.3 Å². The van der Waals surface area contributed by atoms with Crippen molar-refractivity contribution >= 4 is 0 Å². The first-order chi connectivity index (χ1) is 7.60. The summed E-state index contributed by atoms with van der Waals surface area (Å²) in [7, 11) is 0. The summed E-state index contributed by atoms with van der Waals surface area (Å²) in [6.45, 7) is 5.76. The number of rotatable bonds is 4. The van der Waals surface area contributed by atoms with E-state index in [9.17, 15) is 0 Å². The molecule has 0 amide bonds. The summed E-state index contributed by atoms with van der Waals surface area (Å²) in [5.74, 6) is 4.17. The average Bonchev–Trinajstić information content (AvgIpc) is 2.27. The van der Waals surface area contributed by atoms with Gasteiger partial charge in [0.2, 0.25) is 0 Å². The molecule has 1 rings (SSSR count). The van der Waals surface area contributed by atoms with Crippen molar-refractivity contribution < 1.29 is 9.84 Å². The molecule has 0 aliphatic carbocycles. The highest BCUT2D eigenvalue weighted by Gasteiger charge is 2.13. The highest BCUT2D eigenvalue weighted by atomic mass is 16.5. The Morgan fingerprint density at radius 3 is 2.69 bits per heavy atom. The summed E-state index contributed by atoms with van der Waals surface area (Å²) >= 11 is 0. The Bertz CT molecular complexity index is 388. The topological polar surface area (TPSA) is 29.5 Å². The molecule has 1 radical (unpaired) electrons. The van der Waals surface area contributed by atoms with Gasteiger partial charge < -0.3 is 9.84 Å². The van der Waals surface area contributed by atoms with Crippen LogP contribution in [0.3, 0.4) is 0 Å². The van der Waals surface area contributed by atoms with Crippen molar-refractivity contribution in [3.8, 4) is 18.1 Å². The fourth-order valence-electron chi connectivity index (χ4n) is 1.47. The molecule has 0 aliphatic heterocycles. The Labute approximate surface area is 97.3 Å². The minimum absolute atomic E-state index is 0.000187. The van der Waals surface area contributed by atoms with E-state index in [1.165, 1.54) is 0 Å². The molecular formula is C14H17O2. The maximum atomic E-state index is 9.13. The minimum Gasteiger partial charge on any atom is -0.490 e. The van der Waals surface area contributed by atoms with Crippen LogP contribution >= 0.6 is 0 Å². The van der Waals surface area contributed by atoms with Crippen molar-refractivity contribution in [2.24, 2.45) is 0 Å². The molecule has 0 spiro atoms. The van der Waals surface area contributed by atoms with Gasteiger partial charge in [0.25, 0.3) is 0 Å². The highest BCUT2D eigenvalue weighted by Crippen LogP contribution is 2.27. The third-order valence-electron chi connectivity index (χ3n) is 2.23. The first kappa shape index (κ1) is 12.6. The number of hydrogen-bond donors (Lipinski definition) is 1. The van der Waals surface area contributed by atoms with Crippen molar-refractivity contribution in [3.05, 3.63) is 35.2 Å². The molecule has 1 aromatic rings. The van der Waals surface area contributed by atoms with Crippen LogP contribution in [0.5, 0.6) is 5.75 Å². The van der Waals surface area contributed by atoms with Crippen LogP contribution < -0.4 is 4.74 Å². The van der Waals surface area contributed by atoms with Crippen LogP contribution in [-0.4, -0.2) is 17.8 Å². The monoisotopic (exact) mass is 217 g/mol. The predicted molar refractivity (Wildman–Crippen MR) is 65.2 cm³/mol. The van der Waals surface area contributed by atoms with Gasteiger partial charge in [-0.15, -0.1) is 6.42 Å². The Kier molecular flexibility index (Phi) is 4.39. The lowest BCUT2D eigenvalue weighted by atomic mass is 9.96. The van der Waals surface area contributed by atoms with Gasteiger partial charge in [0.15, 0.2) is 0 Å². The second kappa shape index (κ2) is 5.58. The van der Waals surface area contributed by atoms with Crippen LogP contribution in [0.1, 0.15) is 31.9 Å². The molecule has 0 saturated heterocycles. The van der Waals surface area contributed by atoms with Crippen LogP contribution in [0.2, 0.25) is 0 Å². The van der Waals surface area contributed by atoms with Crippen LogP contribution in [-0.2, 0) is 0 Å². The van der Waals surface area contributed by atoms with Gasteiger partial charge in [-0.1, -0.05) is 25.0 Å². The Balaban J connectivity index is 3.16. The third kappa shape index (κ3) is 2.77. The lowest BCUT2D eigenvalue weighted by molar-refractivity contribution is 0.241. The Morgan fingerprint density at radius 2 is 2.19 bits per heavy atom. The third-order valence-corrected chi connectivity index (χ3v) is 2.23. The summed E-state index contributed by atoms with van der Waals surface area (Å²) in [5.41, 5.74) is 1.59. The van der Waals surface area contributed by atoms with E-state index in [1.807, 2.05) is 39.0 Å². The summed E-state index contributed by atoms with van der Waals surface area (Å²) in [4.78, 5) is 0. The van der Waals surface area contributed by atoms with Gasteiger partial charge >= 0.3 is 0 Å². The van der Waals surface area contributed by atoms with E-state index >= 15 is 0 Å². The van der Waals surface area contributed by atoms with E-state index < -0.39 is 0 Å². The molecule has 0 heterocycles. The van der Waals surface area contributed by atoms with Gasteiger partial charge in [0.05, 0.1) is 18.3 Å². The van der Waals surface area contributed by atoms with Crippen LogP contribution in [0.25, 0.3) is 0 Å². The largest absolute Gasteiger partial charge is 0.490 e. The zero-order valence-corrected chi connectivity index (χ0v) is 9.95. The van der Waals surface area contributed by atoms with E-state index in [1.54, 1.807) is 0 Å². The maximum Gasteiger partial charge on any atom is 0.135 e. The van der Waals surface area contributed by atoms with E-state index in [2.05, 4.69) is 5.92 Å². The average molecular weight is 217 g/mol. The number of terminal acetylenes is 1. The van der Waals surface area contributed by atoms with Gasteiger partial charge in [0, 0.05) is 5.92 Å². The first-order valence-electron chi connectivity index (χ1n) is 5.30. The molecule has 0 aromatic heterocycles. The fourth-order valence-corrected chi connectivity index (χ4v) is 1.47. The summed E-state index contributed by atoms with van der Waals surface area (Å²) in [5, 5.41) is 9.13. The van der Waals surface area contributed by atoms with Crippen molar-refractivity contribution in [2.45, 2.75) is 26.9 Å². The molecule has 0 atom stereocenters. The van der Waals surface area contributed by atoms with Crippen LogP contribution in [0.15, 0.2) is 18.2 Å². The van der Waals surface area contributed by atoms with E-state index in [0.29, 0.717) is 11.3 Å². The summed E-state index contributed by atoms with van der Waals surface area (Å²) < 4.78 is 5.63. The quantitative estimate of drug-likeness (QED) is 0.785. The number of aliphatic hydroxyl groups is 1. The molecule has 85 valence electrons. The molecule has 16 heavy (non-hydrogen) atoms. The normalized spacial score (nSPS) is 10.6. The van der Waals surface area contributed by atoms with Crippen molar-refractivity contribution in [3.63, 3.8) is 0 Å². The predicted octanol–water partition coefficient (Wildman–Crippen LogP) is 2.39. The maximum absolute atomic E-state index is 9.13. The molecule has 0 unspecified atom stereocenters. The highest BCUT2D eigenvalue weighted by molar-refractivity contribution is 5.55. The zero-order chi connectivity index (χ0) is 12.1. The lowest BCUT2D eigenvalue weighted by Gasteiger charge is -2.16. The van der Waals surface area contributed by atoms with Gasteiger partial charge in [0.1, 0.15) is 5.75 Å². The number of hydrogen-bond acceptors (Lipinski definition) is 2. The number of benzene rings is 1. The van der Waals surface area contributed by atoms with Gasteiger partial charge in [-0.2, -0.15) is 0 Å². The fraction of sp³-hybridized carbons (Fsp3) is 0.357. The van der Waals surface area contributed by atoms with Gasteiger partial charge in [-0.3, -0.25) is 0 Å². The van der Waals surface area contributed by atoms with Crippen LogP contribution in [0.4, 0.5) is 0 Å². The molecule has 1 aromatic carbocycles. The Hall–Kier alpha value is -1.46. The second-order valence-corrected chi connectivity index (χ2v) is 3.93. The van der Waals surface area contributed by atoms with E-state index in [-0.39, 0.29) is 12.7 Å². The molecule has 1 N–H and O–H groups in total. The Morgan fingerprint density at radius 1 is 1.50 bits per heavy atom. The SMILES string of the molecule is C#Cc1c(OC(C)C)cccc1[C](C)CO. The smallest absolute Gasteiger partial charge is 0.135 e. The van der Waals surface area contributed by atoms with Gasteiger partial charge in [-0.25, -0.2) is 0 Å². The van der Waals surface area contributed by atoms with E-state index in [4.69, 9.17) is 16.3 Å². The molecule has 2 heteroatoms. The first-order valence-corrected chi connectivity index (χ1v) is 5.30. The molecule has 0 saturated carbocycles. The second-order valence-electron chi connectivity index (χ2n) is 3.93. The number of ether oxygens (including phenoxy) is 1. The number of aliphatic hydroxyl groups excluding tert-OH is 1. The molecule has 0 aliphatic rings. The molecular weight excluding hydrogens is 200 g/mol. The summed E-state index contributed by atoms with van der Waals surface area (Å²) in [6, 6.07) is 5.63. The van der Waals surface area contributed by atoms with Crippen molar-refractivity contribution in [1.82, 2.24) is 0 Å². The summed E-state index contributed by atoms with van der Waals surface area (Å²) in [6.07, 6.45) is 5.58. The van der Waals surface area contributed by atoms with E-state index in [0.717, 1.165) is 11.5 Å². The lowest BCUT2D eigenvalue weighted by Crippen LogP contribution is -2.09. The minimum atomic E-state index is -0.000187. The van der Waals surface area contributed by atoms with Gasteiger partial charge in [-0.05, 0) is 25.5 Å². The van der Waals surface area contributed by atoms with Crippen molar-refractivity contribution in [2.75, 3.05) is 6.61 Å². The molecule has 0 bridgehead atoms. The molecule has 2 nitrogen and oxygen atoms in total. The zero-order valence-electron chi connectivity index (χ0n) is 9.95. The molecule has 0 fully saturated rings. The van der Waals surface area contributed by atoms with Crippen molar-refractivity contribution in [1.29, 1.82) is 0 Å². The standard InChI is InChI=1S/C14H17O2/c1-5-12-13(11(4)9-15)7-6-8-14(12)16-10(2)3/h1,6-8,10,15H,9H2,2-4H3.